The van der Waals surface area contributed by atoms with Crippen LogP contribution in [0.1, 0.15) is 21.0 Å². The molecule has 2 rings (SSSR count). The number of nitrogens with zero attached hydrogens (tertiary/aromatic N) is 2. The highest BCUT2D eigenvalue weighted by molar-refractivity contribution is 7.11. The maximum Gasteiger partial charge on any atom is 0.170 e. The number of amidine groups is 1. The van der Waals surface area contributed by atoms with E-state index in [4.69, 9.17) is 10.9 Å². The molecule has 6 heteroatoms. The maximum atomic E-state index is 8.75. The van der Waals surface area contributed by atoms with E-state index in [2.05, 4.69) is 15.5 Å². The van der Waals surface area contributed by atoms with E-state index in [9.17, 15) is 0 Å². The fourth-order valence-corrected chi connectivity index (χ4v) is 2.55. The van der Waals surface area contributed by atoms with E-state index in [-0.39, 0.29) is 5.84 Å². The van der Waals surface area contributed by atoms with Crippen molar-refractivity contribution in [1.29, 1.82) is 0 Å². The van der Waals surface area contributed by atoms with Crippen LogP contribution in [0.15, 0.2) is 35.6 Å². The van der Waals surface area contributed by atoms with Crippen molar-refractivity contribution in [2.75, 3.05) is 0 Å². The lowest BCUT2D eigenvalue weighted by Crippen LogP contribution is -2.19. The molecule has 1 heterocycles. The van der Waals surface area contributed by atoms with Gasteiger partial charge in [-0.1, -0.05) is 29.4 Å². The van der Waals surface area contributed by atoms with Gasteiger partial charge in [0.1, 0.15) is 0 Å². The van der Waals surface area contributed by atoms with Crippen LogP contribution in [0.2, 0.25) is 0 Å². The fraction of sp³-hybridized carbons (Fsp3) is 0.231. The number of rotatable bonds is 5. The molecule has 2 aromatic rings. The third-order valence-corrected chi connectivity index (χ3v) is 3.60. The quantitative estimate of drug-likeness (QED) is 0.337. The molecule has 100 valence electrons. The van der Waals surface area contributed by atoms with Gasteiger partial charge in [-0.2, -0.15) is 0 Å². The first-order valence-corrected chi connectivity index (χ1v) is 6.70. The second kappa shape index (κ2) is 6.31. The molecule has 0 fully saturated rings. The van der Waals surface area contributed by atoms with Gasteiger partial charge in [-0.05, 0) is 12.5 Å². The first-order valence-electron chi connectivity index (χ1n) is 5.88. The Bertz CT molecular complexity index is 580. The average molecular weight is 276 g/mol. The highest BCUT2D eigenvalue weighted by Crippen LogP contribution is 2.12. The smallest absolute Gasteiger partial charge is 0.170 e. The van der Waals surface area contributed by atoms with Crippen LogP contribution in [0, 0.1) is 6.92 Å². The van der Waals surface area contributed by atoms with E-state index in [1.165, 1.54) is 4.88 Å². The maximum absolute atomic E-state index is 8.75. The Balaban J connectivity index is 2.00. The summed E-state index contributed by atoms with van der Waals surface area (Å²) in [5.74, 6) is 0.131. The molecule has 0 saturated heterocycles. The van der Waals surface area contributed by atoms with Crippen molar-refractivity contribution in [3.05, 3.63) is 51.5 Å². The predicted molar refractivity (Wildman–Crippen MR) is 76.3 cm³/mol. The van der Waals surface area contributed by atoms with Gasteiger partial charge in [-0.25, -0.2) is 4.98 Å². The standard InChI is InChI=1S/C13H16N4OS/c1-9-16-8-11(19-9)7-15-6-10-4-2-3-5-12(10)13(14)17-18/h2-5,8,15,18H,6-7H2,1H3,(H2,14,17). The van der Waals surface area contributed by atoms with Crippen molar-refractivity contribution in [3.8, 4) is 0 Å². The molecule has 4 N–H and O–H groups in total. The summed E-state index contributed by atoms with van der Waals surface area (Å²) in [4.78, 5) is 5.40. The fourth-order valence-electron chi connectivity index (χ4n) is 1.79. The number of aromatic nitrogens is 1. The predicted octanol–water partition coefficient (Wildman–Crippen LogP) is 1.84. The number of benzene rings is 1. The van der Waals surface area contributed by atoms with Crippen LogP contribution in [0.4, 0.5) is 0 Å². The van der Waals surface area contributed by atoms with Crippen molar-refractivity contribution in [3.63, 3.8) is 0 Å². The average Bonchev–Trinajstić information content (AvgIpc) is 2.84. The largest absolute Gasteiger partial charge is 0.409 e. The van der Waals surface area contributed by atoms with Gasteiger partial charge in [0.25, 0.3) is 0 Å². The molecule has 1 aromatic heterocycles. The van der Waals surface area contributed by atoms with Gasteiger partial charge in [0, 0.05) is 29.7 Å². The third kappa shape index (κ3) is 3.52. The number of nitrogens with one attached hydrogen (secondary N) is 1. The van der Waals surface area contributed by atoms with E-state index in [1.54, 1.807) is 11.3 Å². The Kier molecular flexibility index (Phi) is 4.48. The lowest BCUT2D eigenvalue weighted by Gasteiger charge is -2.08. The summed E-state index contributed by atoms with van der Waals surface area (Å²) in [6, 6.07) is 7.59. The minimum absolute atomic E-state index is 0.131. The summed E-state index contributed by atoms with van der Waals surface area (Å²) in [6.07, 6.45) is 1.88. The molecule has 0 radical (unpaired) electrons. The topological polar surface area (TPSA) is 83.5 Å². The number of thiazole rings is 1. The normalized spacial score (nSPS) is 11.7. The van der Waals surface area contributed by atoms with E-state index < -0.39 is 0 Å². The number of nitrogens with two attached hydrogens (primary N) is 1. The Hall–Kier alpha value is -1.92. The van der Waals surface area contributed by atoms with Crippen LogP contribution in [0.3, 0.4) is 0 Å². The minimum Gasteiger partial charge on any atom is -0.409 e. The second-order valence-corrected chi connectivity index (χ2v) is 5.41. The van der Waals surface area contributed by atoms with Gasteiger partial charge in [0.05, 0.1) is 5.01 Å². The zero-order valence-corrected chi connectivity index (χ0v) is 11.4. The van der Waals surface area contributed by atoms with Crippen LogP contribution >= 0.6 is 11.3 Å². The number of hydrogen-bond acceptors (Lipinski definition) is 5. The zero-order valence-electron chi connectivity index (χ0n) is 10.6. The summed E-state index contributed by atoms with van der Waals surface area (Å²) in [6.45, 7) is 3.40. The number of hydrogen-bond donors (Lipinski definition) is 3. The molecular formula is C13H16N4OS. The molecule has 0 saturated carbocycles. The first-order chi connectivity index (χ1) is 9.20. The summed E-state index contributed by atoms with van der Waals surface area (Å²) >= 11 is 1.68. The van der Waals surface area contributed by atoms with Crippen molar-refractivity contribution in [1.82, 2.24) is 10.3 Å². The molecule has 19 heavy (non-hydrogen) atoms. The van der Waals surface area contributed by atoms with Crippen LogP contribution < -0.4 is 11.1 Å². The second-order valence-electron chi connectivity index (χ2n) is 4.09. The summed E-state index contributed by atoms with van der Waals surface area (Å²) in [5.41, 5.74) is 7.39. The van der Waals surface area contributed by atoms with E-state index in [0.717, 1.165) is 22.7 Å². The molecule has 5 nitrogen and oxygen atoms in total. The van der Waals surface area contributed by atoms with E-state index in [1.807, 2.05) is 37.4 Å². The van der Waals surface area contributed by atoms with Crippen molar-refractivity contribution in [2.24, 2.45) is 10.9 Å². The summed E-state index contributed by atoms with van der Waals surface area (Å²) < 4.78 is 0. The molecule has 0 aliphatic rings. The van der Waals surface area contributed by atoms with Gasteiger partial charge in [0.15, 0.2) is 5.84 Å². The van der Waals surface area contributed by atoms with Gasteiger partial charge < -0.3 is 16.3 Å². The van der Waals surface area contributed by atoms with E-state index >= 15 is 0 Å². The van der Waals surface area contributed by atoms with Crippen LogP contribution in [-0.2, 0) is 13.1 Å². The summed E-state index contributed by atoms with van der Waals surface area (Å²) in [5, 5.41) is 16.2. The molecule has 0 aliphatic heterocycles. The molecule has 0 aliphatic carbocycles. The lowest BCUT2D eigenvalue weighted by molar-refractivity contribution is 0.318. The molecule has 0 amide bonds. The SMILES string of the molecule is Cc1ncc(CNCc2ccccc2C(N)=NO)s1. The van der Waals surface area contributed by atoms with Crippen molar-refractivity contribution >= 4 is 17.2 Å². The van der Waals surface area contributed by atoms with Crippen molar-refractivity contribution < 1.29 is 5.21 Å². The lowest BCUT2D eigenvalue weighted by atomic mass is 10.1. The first kappa shape index (κ1) is 13.5. The molecule has 0 spiro atoms. The number of aryl methyl sites for hydroxylation is 1. The van der Waals surface area contributed by atoms with Gasteiger partial charge in [-0.3, -0.25) is 0 Å². The highest BCUT2D eigenvalue weighted by Gasteiger charge is 2.06. The van der Waals surface area contributed by atoms with Crippen LogP contribution in [0.5, 0.6) is 0 Å². The van der Waals surface area contributed by atoms with Gasteiger partial charge in [-0.15, -0.1) is 11.3 Å². The van der Waals surface area contributed by atoms with Gasteiger partial charge in [0.2, 0.25) is 0 Å². The highest BCUT2D eigenvalue weighted by atomic mass is 32.1. The Labute approximate surface area is 115 Å². The third-order valence-electron chi connectivity index (χ3n) is 2.68. The minimum atomic E-state index is 0.131. The molecule has 0 unspecified atom stereocenters. The Morgan fingerprint density at radius 3 is 2.89 bits per heavy atom. The van der Waals surface area contributed by atoms with Crippen LogP contribution in [-0.4, -0.2) is 16.0 Å². The van der Waals surface area contributed by atoms with E-state index in [0.29, 0.717) is 6.54 Å². The molecule has 1 aromatic carbocycles. The Morgan fingerprint density at radius 1 is 1.42 bits per heavy atom. The van der Waals surface area contributed by atoms with Gasteiger partial charge >= 0.3 is 0 Å². The number of oxime groups is 1. The molecular weight excluding hydrogens is 260 g/mol. The van der Waals surface area contributed by atoms with Crippen LogP contribution in [0.25, 0.3) is 0 Å². The zero-order chi connectivity index (χ0) is 13.7. The molecule has 0 atom stereocenters. The monoisotopic (exact) mass is 276 g/mol. The Morgan fingerprint density at radius 2 is 2.21 bits per heavy atom. The van der Waals surface area contributed by atoms with Crippen molar-refractivity contribution in [2.45, 2.75) is 20.0 Å². The molecule has 0 bridgehead atoms. The summed E-state index contributed by atoms with van der Waals surface area (Å²) in [7, 11) is 0.